The number of phosphoric ester groups is 1. The molecular weight excluding hydrogens is 473 g/mol. The normalized spacial score (nSPS) is 14.5. The lowest BCUT2D eigenvalue weighted by molar-refractivity contribution is -0.137. The van der Waals surface area contributed by atoms with Crippen molar-refractivity contribution in [2.24, 2.45) is 5.73 Å². The van der Waals surface area contributed by atoms with Crippen LogP contribution in [-0.4, -0.2) is 58.7 Å². The van der Waals surface area contributed by atoms with Crippen LogP contribution in [-0.2, 0) is 18.4 Å². The van der Waals surface area contributed by atoms with Gasteiger partial charge in [-0.2, -0.15) is 0 Å². The van der Waals surface area contributed by atoms with Crippen molar-refractivity contribution in [3.05, 3.63) is 48.6 Å². The molecule has 0 aliphatic rings. The molecule has 2 atom stereocenters. The minimum absolute atomic E-state index is 0.0937. The highest BCUT2D eigenvalue weighted by atomic mass is 31.2. The lowest BCUT2D eigenvalue weighted by atomic mass is 10.2. The van der Waals surface area contributed by atoms with Gasteiger partial charge in [0, 0.05) is 13.0 Å². The smallest absolute Gasteiger partial charge is 0.472 e. The summed E-state index contributed by atoms with van der Waals surface area (Å²) in [5, 5.41) is 25.6. The quantitative estimate of drug-likeness (QED) is 0.0826. The van der Waals surface area contributed by atoms with Gasteiger partial charge >= 0.3 is 13.8 Å². The number of rotatable bonds is 21. The van der Waals surface area contributed by atoms with E-state index in [1.165, 1.54) is 25.7 Å². The summed E-state index contributed by atoms with van der Waals surface area (Å²) < 4.78 is 19.5. The third kappa shape index (κ3) is 32.4. The van der Waals surface area contributed by atoms with E-state index in [-0.39, 0.29) is 19.6 Å². The zero-order valence-electron chi connectivity index (χ0n) is 21.0. The van der Waals surface area contributed by atoms with Crippen molar-refractivity contribution in [2.45, 2.75) is 77.2 Å². The van der Waals surface area contributed by atoms with E-state index in [2.05, 4.69) is 64.6 Å². The van der Waals surface area contributed by atoms with Crippen LogP contribution in [0, 0.1) is 0 Å². The molecule has 9 nitrogen and oxygen atoms in total. The molecule has 35 heavy (non-hydrogen) atoms. The number of phosphoric acid groups is 1. The highest BCUT2D eigenvalue weighted by molar-refractivity contribution is 7.47. The van der Waals surface area contributed by atoms with Crippen LogP contribution >= 0.6 is 7.82 Å². The van der Waals surface area contributed by atoms with Crippen LogP contribution in [0.5, 0.6) is 0 Å². The van der Waals surface area contributed by atoms with E-state index < -0.39 is 33.1 Å². The number of hydrogen-bond acceptors (Lipinski definition) is 7. The Hall–Kier alpha value is -1.58. The summed E-state index contributed by atoms with van der Waals surface area (Å²) in [6.07, 6.45) is 26.1. The molecule has 0 saturated carbocycles. The Bertz CT molecular complexity index is 649. The van der Waals surface area contributed by atoms with Crippen molar-refractivity contribution in [3.8, 4) is 0 Å². The number of aliphatic hydroxyl groups excluding tert-OH is 2. The molecular formula is C25H46NO8P. The summed E-state index contributed by atoms with van der Waals surface area (Å²) in [4.78, 5) is 19.2. The van der Waals surface area contributed by atoms with E-state index in [9.17, 15) is 9.36 Å². The maximum absolute atomic E-state index is 10.9. The highest BCUT2D eigenvalue weighted by Crippen LogP contribution is 2.42. The van der Waals surface area contributed by atoms with E-state index in [0.717, 1.165) is 32.1 Å². The minimum Gasteiger partial charge on any atom is -0.481 e. The van der Waals surface area contributed by atoms with E-state index >= 15 is 0 Å². The zero-order chi connectivity index (χ0) is 26.6. The molecule has 0 fully saturated rings. The molecule has 0 aromatic carbocycles. The molecule has 204 valence electrons. The molecule has 0 bridgehead atoms. The first-order valence-corrected chi connectivity index (χ1v) is 13.7. The van der Waals surface area contributed by atoms with Gasteiger partial charge in [-0.15, -0.1) is 0 Å². The largest absolute Gasteiger partial charge is 0.481 e. The predicted octanol–water partition coefficient (Wildman–Crippen LogP) is 4.65. The third-order valence-electron chi connectivity index (χ3n) is 4.23. The molecule has 0 radical (unpaired) electrons. The molecule has 0 rings (SSSR count). The maximum atomic E-state index is 10.9. The second kappa shape index (κ2) is 27.0. The van der Waals surface area contributed by atoms with Crippen molar-refractivity contribution in [2.75, 3.05) is 26.4 Å². The fraction of sp³-hybridized carbons (Fsp3) is 0.640. The van der Waals surface area contributed by atoms with Crippen LogP contribution < -0.4 is 5.73 Å². The second-order valence-electron chi connectivity index (χ2n) is 7.60. The molecule has 6 N–H and O–H groups in total. The molecule has 0 heterocycles. The van der Waals surface area contributed by atoms with Crippen molar-refractivity contribution in [1.29, 1.82) is 0 Å². The van der Waals surface area contributed by atoms with Crippen molar-refractivity contribution in [3.63, 3.8) is 0 Å². The summed E-state index contributed by atoms with van der Waals surface area (Å²) >= 11 is 0. The SMILES string of the molecule is CCCCC/C=C\C/C=C\C/C=C\C/C=C\CCCC(=O)O.NCCOP(=O)(O)OCC(O)CO. The fourth-order valence-corrected chi connectivity index (χ4v) is 3.14. The standard InChI is InChI=1S/C20H32O2.C5H14NO6P/c1-2-3-4-5-6-7-8-9-10-11-12-13-14-15-16-17-18-19-20(21)22;6-1-2-11-13(9,10)12-4-5(8)3-7/h6-7,9-10,12-13,15-16H,2-5,8,11,14,17-19H2,1H3,(H,21,22);5,7-8H,1-4,6H2,(H,9,10)/b7-6-,10-9-,13-12-,16-15-;. The van der Waals surface area contributed by atoms with Crippen LogP contribution in [0.1, 0.15) is 71.1 Å². The summed E-state index contributed by atoms with van der Waals surface area (Å²) in [7, 11) is -4.13. The third-order valence-corrected chi connectivity index (χ3v) is 5.22. The van der Waals surface area contributed by atoms with E-state index in [1.54, 1.807) is 0 Å². The Balaban J connectivity index is 0. The van der Waals surface area contributed by atoms with Gasteiger partial charge in [-0.3, -0.25) is 13.8 Å². The molecule has 0 aliphatic heterocycles. The number of carbonyl (C=O) groups is 1. The van der Waals surface area contributed by atoms with Crippen molar-refractivity contribution >= 4 is 13.8 Å². The van der Waals surface area contributed by atoms with Crippen molar-refractivity contribution < 1.29 is 38.6 Å². The number of unbranched alkanes of at least 4 members (excludes halogenated alkanes) is 4. The van der Waals surface area contributed by atoms with Crippen LogP contribution in [0.3, 0.4) is 0 Å². The Morgan fingerprint density at radius 3 is 1.89 bits per heavy atom. The maximum Gasteiger partial charge on any atom is 0.472 e. The van der Waals surface area contributed by atoms with E-state index in [0.29, 0.717) is 0 Å². The average molecular weight is 520 g/mol. The first-order chi connectivity index (χ1) is 16.8. The number of hydrogen-bond donors (Lipinski definition) is 5. The van der Waals surface area contributed by atoms with Crippen molar-refractivity contribution in [1.82, 2.24) is 0 Å². The Labute approximate surface area is 210 Å². The summed E-state index contributed by atoms with van der Waals surface area (Å²) in [5.41, 5.74) is 5.02. The van der Waals surface area contributed by atoms with Crippen LogP contribution in [0.25, 0.3) is 0 Å². The molecule has 2 unspecified atom stereocenters. The van der Waals surface area contributed by atoms with Crippen LogP contribution in [0.2, 0.25) is 0 Å². The van der Waals surface area contributed by atoms with Gasteiger partial charge in [-0.25, -0.2) is 4.57 Å². The van der Waals surface area contributed by atoms with E-state index in [4.69, 9.17) is 25.9 Å². The summed E-state index contributed by atoms with van der Waals surface area (Å²) in [6, 6.07) is 0. The lowest BCUT2D eigenvalue weighted by Crippen LogP contribution is -2.19. The Morgan fingerprint density at radius 2 is 1.43 bits per heavy atom. The van der Waals surface area contributed by atoms with Gasteiger partial charge < -0.3 is 25.9 Å². The lowest BCUT2D eigenvalue weighted by Gasteiger charge is -2.13. The number of allylic oxidation sites excluding steroid dienone is 8. The van der Waals surface area contributed by atoms with Gasteiger partial charge in [-0.05, 0) is 44.9 Å². The van der Waals surface area contributed by atoms with Crippen LogP contribution in [0.4, 0.5) is 0 Å². The van der Waals surface area contributed by atoms with Gasteiger partial charge in [0.15, 0.2) is 0 Å². The number of aliphatic hydroxyl groups is 2. The molecule has 0 aliphatic carbocycles. The number of nitrogens with two attached hydrogens (primary N) is 1. The predicted molar refractivity (Wildman–Crippen MR) is 140 cm³/mol. The Kier molecular flexibility index (Phi) is 27.5. The Morgan fingerprint density at radius 1 is 0.914 bits per heavy atom. The van der Waals surface area contributed by atoms with E-state index in [1.807, 2.05) is 0 Å². The highest BCUT2D eigenvalue weighted by Gasteiger charge is 2.21. The average Bonchev–Trinajstić information content (AvgIpc) is 2.83. The summed E-state index contributed by atoms with van der Waals surface area (Å²) in [6.45, 7) is 1.21. The molecule has 0 aromatic heterocycles. The fourth-order valence-electron chi connectivity index (χ4n) is 2.37. The topological polar surface area (TPSA) is 160 Å². The molecule has 0 amide bonds. The number of carboxylic acids is 1. The second-order valence-corrected chi connectivity index (χ2v) is 9.05. The first kappa shape index (κ1) is 35.6. The van der Waals surface area contributed by atoms with Crippen LogP contribution in [0.15, 0.2) is 48.6 Å². The first-order valence-electron chi connectivity index (χ1n) is 12.2. The zero-order valence-corrected chi connectivity index (χ0v) is 21.9. The van der Waals surface area contributed by atoms with Gasteiger partial charge in [0.2, 0.25) is 0 Å². The molecule has 10 heteroatoms. The monoisotopic (exact) mass is 519 g/mol. The van der Waals surface area contributed by atoms with Gasteiger partial charge in [0.1, 0.15) is 6.10 Å². The molecule has 0 saturated heterocycles. The summed E-state index contributed by atoms with van der Waals surface area (Å²) in [5.74, 6) is -0.712. The molecule has 0 spiro atoms. The van der Waals surface area contributed by atoms with Gasteiger partial charge in [-0.1, -0.05) is 68.4 Å². The van der Waals surface area contributed by atoms with Gasteiger partial charge in [0.25, 0.3) is 0 Å². The number of carboxylic acid groups (broad SMARTS) is 1. The van der Waals surface area contributed by atoms with Gasteiger partial charge in [0.05, 0.1) is 19.8 Å². The minimum atomic E-state index is -4.13. The molecule has 0 aromatic rings. The number of aliphatic carboxylic acids is 1.